The Morgan fingerprint density at radius 2 is 1.92 bits per heavy atom. The van der Waals surface area contributed by atoms with E-state index in [0.29, 0.717) is 32.7 Å². The molecule has 2 amide bonds. The van der Waals surface area contributed by atoms with Gasteiger partial charge in [0.15, 0.2) is 0 Å². The Morgan fingerprint density at radius 1 is 1.19 bits per heavy atom. The van der Waals surface area contributed by atoms with Gasteiger partial charge in [0.25, 0.3) is 0 Å². The van der Waals surface area contributed by atoms with Gasteiger partial charge in [-0.2, -0.15) is 13.2 Å². The maximum absolute atomic E-state index is 12.9. The van der Waals surface area contributed by atoms with Crippen LogP contribution in [0, 0.1) is 0 Å². The molecule has 0 unspecified atom stereocenters. The Bertz CT molecular complexity index is 757. The molecule has 0 radical (unpaired) electrons. The van der Waals surface area contributed by atoms with Crippen molar-refractivity contribution in [1.82, 2.24) is 9.80 Å². The lowest BCUT2D eigenvalue weighted by Crippen LogP contribution is -2.49. The van der Waals surface area contributed by atoms with Crippen LogP contribution in [0.2, 0.25) is 5.02 Å². The van der Waals surface area contributed by atoms with E-state index < -0.39 is 22.8 Å². The molecule has 1 N–H and O–H groups in total. The van der Waals surface area contributed by atoms with E-state index in [2.05, 4.69) is 10.2 Å². The standard InChI is InChI=1S/C17H17ClF3N3O2/c18-15-4-3-12(10-14(15)17(19,20)21)22-16(25)24-7-5-23(6-8-24)11-13-2-1-9-26-13/h1-4,9-10H,5-8,11H2,(H,22,25). The second-order valence-corrected chi connectivity index (χ2v) is 6.37. The number of piperazine rings is 1. The van der Waals surface area contributed by atoms with Gasteiger partial charge in [-0.3, -0.25) is 4.90 Å². The van der Waals surface area contributed by atoms with Gasteiger partial charge in [-0.15, -0.1) is 0 Å². The molecule has 9 heteroatoms. The summed E-state index contributed by atoms with van der Waals surface area (Å²) in [4.78, 5) is 16.0. The van der Waals surface area contributed by atoms with Crippen LogP contribution in [0.25, 0.3) is 0 Å². The molecular weight excluding hydrogens is 371 g/mol. The first kappa shape index (κ1) is 18.6. The Hall–Kier alpha value is -2.19. The van der Waals surface area contributed by atoms with E-state index in [1.165, 1.54) is 6.07 Å². The average Bonchev–Trinajstić information content (AvgIpc) is 3.09. The van der Waals surface area contributed by atoms with Gasteiger partial charge in [-0.05, 0) is 30.3 Å². The van der Waals surface area contributed by atoms with Gasteiger partial charge < -0.3 is 14.6 Å². The summed E-state index contributed by atoms with van der Waals surface area (Å²) >= 11 is 5.58. The van der Waals surface area contributed by atoms with E-state index in [1.807, 2.05) is 12.1 Å². The van der Waals surface area contributed by atoms with Gasteiger partial charge in [0.05, 0.1) is 23.4 Å². The van der Waals surface area contributed by atoms with E-state index in [0.717, 1.165) is 17.9 Å². The predicted octanol–water partition coefficient (Wildman–Crippen LogP) is 4.30. The number of nitrogens with zero attached hydrogens (tertiary/aromatic N) is 2. The summed E-state index contributed by atoms with van der Waals surface area (Å²) in [6.45, 7) is 2.93. The highest BCUT2D eigenvalue weighted by Gasteiger charge is 2.33. The first-order valence-electron chi connectivity index (χ1n) is 8.00. The van der Waals surface area contributed by atoms with Gasteiger partial charge in [-0.25, -0.2) is 4.79 Å². The van der Waals surface area contributed by atoms with Crippen molar-refractivity contribution in [2.75, 3.05) is 31.5 Å². The van der Waals surface area contributed by atoms with Gasteiger partial charge in [0, 0.05) is 31.9 Å². The van der Waals surface area contributed by atoms with Crippen molar-refractivity contribution in [2.24, 2.45) is 0 Å². The van der Waals surface area contributed by atoms with Crippen LogP contribution in [-0.2, 0) is 12.7 Å². The molecule has 0 spiro atoms. The number of amides is 2. The molecular formula is C17H17ClF3N3O2. The summed E-state index contributed by atoms with van der Waals surface area (Å²) in [6.07, 6.45) is -2.96. The highest BCUT2D eigenvalue weighted by atomic mass is 35.5. The van der Waals surface area contributed by atoms with Crippen molar-refractivity contribution >= 4 is 23.3 Å². The fourth-order valence-corrected chi connectivity index (χ4v) is 2.98. The lowest BCUT2D eigenvalue weighted by molar-refractivity contribution is -0.137. The summed E-state index contributed by atoms with van der Waals surface area (Å²) in [7, 11) is 0. The van der Waals surface area contributed by atoms with Crippen LogP contribution in [0.5, 0.6) is 0 Å². The molecule has 2 heterocycles. The second kappa shape index (κ2) is 7.59. The van der Waals surface area contributed by atoms with Crippen LogP contribution in [-0.4, -0.2) is 42.0 Å². The molecule has 1 aliphatic heterocycles. The van der Waals surface area contributed by atoms with Gasteiger partial charge in [0.2, 0.25) is 0 Å². The third-order valence-electron chi connectivity index (χ3n) is 4.14. The van der Waals surface area contributed by atoms with Gasteiger partial charge in [-0.1, -0.05) is 11.6 Å². The molecule has 1 aromatic heterocycles. The quantitative estimate of drug-likeness (QED) is 0.854. The molecule has 3 rings (SSSR count). The number of benzene rings is 1. The maximum Gasteiger partial charge on any atom is 0.417 e. The zero-order valence-corrected chi connectivity index (χ0v) is 14.5. The monoisotopic (exact) mass is 387 g/mol. The Balaban J connectivity index is 1.56. The summed E-state index contributed by atoms with van der Waals surface area (Å²) < 4.78 is 44.0. The minimum absolute atomic E-state index is 0.0599. The molecule has 140 valence electrons. The van der Waals surface area contributed by atoms with Gasteiger partial charge in [0.1, 0.15) is 5.76 Å². The third kappa shape index (κ3) is 4.50. The lowest BCUT2D eigenvalue weighted by atomic mass is 10.2. The van der Waals surface area contributed by atoms with E-state index >= 15 is 0 Å². The number of furan rings is 1. The van der Waals surface area contributed by atoms with Crippen LogP contribution in [0.4, 0.5) is 23.7 Å². The van der Waals surface area contributed by atoms with Crippen molar-refractivity contribution < 1.29 is 22.4 Å². The molecule has 1 aliphatic rings. The molecule has 5 nitrogen and oxygen atoms in total. The first-order valence-corrected chi connectivity index (χ1v) is 8.38. The molecule has 0 atom stereocenters. The zero-order chi connectivity index (χ0) is 18.7. The molecule has 0 aliphatic carbocycles. The van der Waals surface area contributed by atoms with E-state index in [-0.39, 0.29) is 5.69 Å². The molecule has 0 bridgehead atoms. The van der Waals surface area contributed by atoms with Crippen molar-refractivity contribution in [3.8, 4) is 0 Å². The largest absolute Gasteiger partial charge is 0.468 e. The highest BCUT2D eigenvalue weighted by molar-refractivity contribution is 6.31. The van der Waals surface area contributed by atoms with Crippen LogP contribution in [0.3, 0.4) is 0 Å². The van der Waals surface area contributed by atoms with Crippen molar-refractivity contribution in [3.05, 3.63) is 52.9 Å². The topological polar surface area (TPSA) is 48.7 Å². The normalized spacial score (nSPS) is 15.9. The minimum atomic E-state index is -4.57. The molecule has 1 fully saturated rings. The number of hydrogen-bond acceptors (Lipinski definition) is 3. The van der Waals surface area contributed by atoms with Crippen LogP contribution < -0.4 is 5.32 Å². The molecule has 0 saturated carbocycles. The highest BCUT2D eigenvalue weighted by Crippen LogP contribution is 2.36. The summed E-state index contributed by atoms with van der Waals surface area (Å²) in [5.74, 6) is 0.851. The number of alkyl halides is 3. The van der Waals surface area contributed by atoms with Crippen LogP contribution >= 0.6 is 11.6 Å². The van der Waals surface area contributed by atoms with Crippen LogP contribution in [0.1, 0.15) is 11.3 Å². The summed E-state index contributed by atoms with van der Waals surface area (Å²) in [6, 6.07) is 6.59. The Labute approximate surface area is 153 Å². The summed E-state index contributed by atoms with van der Waals surface area (Å²) in [5, 5.41) is 2.10. The number of anilines is 1. The number of urea groups is 1. The minimum Gasteiger partial charge on any atom is -0.468 e. The van der Waals surface area contributed by atoms with Crippen molar-refractivity contribution in [1.29, 1.82) is 0 Å². The van der Waals surface area contributed by atoms with Crippen molar-refractivity contribution in [3.63, 3.8) is 0 Å². The second-order valence-electron chi connectivity index (χ2n) is 5.97. The summed E-state index contributed by atoms with van der Waals surface area (Å²) in [5.41, 5.74) is -0.912. The van der Waals surface area contributed by atoms with Crippen LogP contribution in [0.15, 0.2) is 41.0 Å². The molecule has 2 aromatic rings. The van der Waals surface area contributed by atoms with Gasteiger partial charge >= 0.3 is 12.2 Å². The molecule has 1 aromatic carbocycles. The number of rotatable bonds is 3. The van der Waals surface area contributed by atoms with E-state index in [1.54, 1.807) is 11.2 Å². The number of carbonyl (C=O) groups is 1. The smallest absolute Gasteiger partial charge is 0.417 e. The molecule has 26 heavy (non-hydrogen) atoms. The maximum atomic E-state index is 12.9. The Kier molecular flexibility index (Phi) is 5.43. The zero-order valence-electron chi connectivity index (χ0n) is 13.7. The van der Waals surface area contributed by atoms with E-state index in [4.69, 9.17) is 16.0 Å². The number of hydrogen-bond donors (Lipinski definition) is 1. The number of carbonyl (C=O) groups excluding carboxylic acids is 1. The Morgan fingerprint density at radius 3 is 2.54 bits per heavy atom. The SMILES string of the molecule is O=C(Nc1ccc(Cl)c(C(F)(F)F)c1)N1CCN(Cc2ccco2)CC1. The van der Waals surface area contributed by atoms with Crippen molar-refractivity contribution in [2.45, 2.75) is 12.7 Å². The third-order valence-corrected chi connectivity index (χ3v) is 4.47. The predicted molar refractivity (Wildman–Crippen MR) is 91.0 cm³/mol. The number of halogens is 4. The lowest BCUT2D eigenvalue weighted by Gasteiger charge is -2.34. The average molecular weight is 388 g/mol. The van der Waals surface area contributed by atoms with E-state index in [9.17, 15) is 18.0 Å². The number of nitrogens with one attached hydrogen (secondary N) is 1. The fourth-order valence-electron chi connectivity index (χ4n) is 2.75. The fraction of sp³-hybridized carbons (Fsp3) is 0.353. The first-order chi connectivity index (χ1) is 12.3. The molecule has 1 saturated heterocycles.